The van der Waals surface area contributed by atoms with Crippen LogP contribution in [-0.2, 0) is 0 Å². The van der Waals surface area contributed by atoms with Crippen LogP contribution in [0.25, 0.3) is 0 Å². The predicted octanol–water partition coefficient (Wildman–Crippen LogP) is -2.57. The molecule has 0 aliphatic heterocycles. The van der Waals surface area contributed by atoms with Crippen LogP contribution < -0.4 is 21.2 Å². The molecule has 0 aromatic carbocycles. The van der Waals surface area contributed by atoms with Gasteiger partial charge in [0.25, 0.3) is 0 Å². The quantitative estimate of drug-likeness (QED) is 0.389. The van der Waals surface area contributed by atoms with Crippen molar-refractivity contribution >= 4 is 11.3 Å². The number of hydrogen-bond donors (Lipinski definition) is 0. The van der Waals surface area contributed by atoms with Gasteiger partial charge in [-0.15, -0.1) is 0 Å². The van der Waals surface area contributed by atoms with Gasteiger partial charge < -0.3 is 0 Å². The molecule has 0 spiro atoms. The third-order valence-electron chi connectivity index (χ3n) is 0.495. The summed E-state index contributed by atoms with van der Waals surface area (Å²) in [5.41, 5.74) is 1.78. The fourth-order valence-corrected chi connectivity index (χ4v) is 2.05. The van der Waals surface area contributed by atoms with E-state index in [4.69, 9.17) is 0 Å². The van der Waals surface area contributed by atoms with Crippen molar-refractivity contribution in [1.82, 2.24) is 10.2 Å². The van der Waals surface area contributed by atoms with Gasteiger partial charge >= 0.3 is 56.2 Å². The first-order chi connectivity index (χ1) is 3.43. The number of aromatic nitrogens is 2. The monoisotopic (exact) mass is 227 g/mol. The Morgan fingerprint density at radius 2 is 2.71 bits per heavy atom. The van der Waals surface area contributed by atoms with E-state index in [0.29, 0.717) is 0 Å². The normalized spacial score (nSPS) is 9.86. The Balaban J connectivity index is 2.76. The summed E-state index contributed by atoms with van der Waals surface area (Å²) < 4.78 is 1.22. The summed E-state index contributed by atoms with van der Waals surface area (Å²) >= 11 is 1.84. The molecule has 0 saturated carbocycles. The molecule has 0 fully saturated rings. The average Bonchev–Trinajstić information content (AvgIpc) is 2.14. The van der Waals surface area contributed by atoms with Gasteiger partial charge in [-0.05, 0) is 0 Å². The van der Waals surface area contributed by atoms with E-state index in [-0.39, 0.29) is 21.2 Å². The Hall–Kier alpha value is 0.290. The van der Waals surface area contributed by atoms with E-state index in [0.717, 1.165) is 0 Å². The Kier molecular flexibility index (Phi) is 1.99. The van der Waals surface area contributed by atoms with Crippen molar-refractivity contribution < 1.29 is 21.2 Å². The van der Waals surface area contributed by atoms with Crippen LogP contribution in [0.5, 0.6) is 0 Å². The summed E-state index contributed by atoms with van der Waals surface area (Å²) in [7, 11) is 0. The molecule has 4 heteroatoms. The number of nitrogens with zero attached hydrogens (tertiary/aromatic N) is 2. The molecule has 2 nitrogen and oxygen atoms in total. The second-order valence-electron chi connectivity index (χ2n) is 0.881. The SMILES string of the molecule is C[I-]c1nncs1. The molecule has 1 rings (SSSR count). The molecular formula is C3H4IN2S-. The molecule has 0 unspecified atom stereocenters. The number of hydrogen-bond acceptors (Lipinski definition) is 3. The van der Waals surface area contributed by atoms with Crippen molar-refractivity contribution in [2.75, 3.05) is 4.93 Å². The molecule has 0 bridgehead atoms. The maximum atomic E-state index is 3.85. The van der Waals surface area contributed by atoms with Crippen molar-refractivity contribution in [2.24, 2.45) is 0 Å². The molecule has 40 valence electrons. The standard InChI is InChI=1S/C3H4IN2S/c1-4-3-6-5-2-7-3/h2H,1H3/q-1. The van der Waals surface area contributed by atoms with Crippen molar-refractivity contribution in [1.29, 1.82) is 0 Å². The number of alkyl halides is 1. The average molecular weight is 227 g/mol. The molecule has 0 N–H and O–H groups in total. The van der Waals surface area contributed by atoms with E-state index in [1.54, 1.807) is 16.8 Å². The minimum absolute atomic E-state index is 0.192. The summed E-state index contributed by atoms with van der Waals surface area (Å²) in [5, 5.41) is 7.54. The van der Waals surface area contributed by atoms with Crippen LogP contribution in [-0.4, -0.2) is 15.1 Å². The molecule has 7 heavy (non-hydrogen) atoms. The number of halogens is 1. The molecule has 0 radical (unpaired) electrons. The third-order valence-corrected chi connectivity index (χ3v) is 3.91. The van der Waals surface area contributed by atoms with Crippen LogP contribution in [0.4, 0.5) is 0 Å². The zero-order valence-electron chi connectivity index (χ0n) is 3.76. The van der Waals surface area contributed by atoms with Gasteiger partial charge in [-0.1, -0.05) is 0 Å². The van der Waals surface area contributed by atoms with Crippen LogP contribution in [0.1, 0.15) is 0 Å². The molecule has 0 aliphatic carbocycles. The van der Waals surface area contributed by atoms with Gasteiger partial charge in [-0.25, -0.2) is 0 Å². The van der Waals surface area contributed by atoms with Gasteiger partial charge in [0.05, 0.1) is 0 Å². The summed E-state index contributed by atoms with van der Waals surface area (Å²) in [6.45, 7) is 0. The van der Waals surface area contributed by atoms with E-state index in [9.17, 15) is 0 Å². The topological polar surface area (TPSA) is 25.8 Å². The Labute approximate surface area is 56.2 Å². The van der Waals surface area contributed by atoms with E-state index < -0.39 is 0 Å². The van der Waals surface area contributed by atoms with Gasteiger partial charge in [0, 0.05) is 0 Å². The Morgan fingerprint density at radius 1 is 1.86 bits per heavy atom. The van der Waals surface area contributed by atoms with Crippen LogP contribution in [0.2, 0.25) is 0 Å². The molecular weight excluding hydrogens is 223 g/mol. The Bertz CT molecular complexity index is 127. The second kappa shape index (κ2) is 2.56. The molecule has 0 atom stereocenters. The third kappa shape index (κ3) is 1.34. The van der Waals surface area contributed by atoms with Gasteiger partial charge in [-0.2, -0.15) is 0 Å². The summed E-state index contributed by atoms with van der Waals surface area (Å²) in [6, 6.07) is 0. The molecule has 0 aliphatic rings. The summed E-state index contributed by atoms with van der Waals surface area (Å²) in [5.74, 6) is 0. The van der Waals surface area contributed by atoms with E-state index in [1.165, 1.54) is 3.01 Å². The number of rotatable bonds is 1. The molecule has 1 heterocycles. The fourth-order valence-electron chi connectivity index (χ4n) is 0.242. The van der Waals surface area contributed by atoms with Gasteiger partial charge in [-0.3, -0.25) is 0 Å². The van der Waals surface area contributed by atoms with Crippen LogP contribution in [0.3, 0.4) is 0 Å². The van der Waals surface area contributed by atoms with E-state index >= 15 is 0 Å². The first-order valence-electron chi connectivity index (χ1n) is 1.69. The van der Waals surface area contributed by atoms with E-state index in [1.807, 2.05) is 0 Å². The van der Waals surface area contributed by atoms with Crippen LogP contribution in [0, 0.1) is 3.01 Å². The van der Waals surface area contributed by atoms with Gasteiger partial charge in [0.2, 0.25) is 0 Å². The predicted molar refractivity (Wildman–Crippen MR) is 24.5 cm³/mol. The maximum absolute atomic E-state index is 3.85. The second-order valence-corrected chi connectivity index (χ2v) is 4.55. The van der Waals surface area contributed by atoms with Crippen molar-refractivity contribution in [3.8, 4) is 0 Å². The molecule has 1 aromatic rings. The molecule has 0 saturated heterocycles. The minimum atomic E-state index is 0.192. The Morgan fingerprint density at radius 3 is 3.00 bits per heavy atom. The first-order valence-corrected chi connectivity index (χ1v) is 5.80. The van der Waals surface area contributed by atoms with Crippen molar-refractivity contribution in [3.05, 3.63) is 8.52 Å². The van der Waals surface area contributed by atoms with Crippen LogP contribution in [0.15, 0.2) is 5.51 Å². The van der Waals surface area contributed by atoms with Gasteiger partial charge in [0.15, 0.2) is 0 Å². The van der Waals surface area contributed by atoms with Crippen LogP contribution >= 0.6 is 11.3 Å². The summed E-state index contributed by atoms with van der Waals surface area (Å²) in [4.78, 5) is 2.18. The van der Waals surface area contributed by atoms with Gasteiger partial charge in [0.1, 0.15) is 0 Å². The first kappa shape index (κ1) is 5.43. The summed E-state index contributed by atoms with van der Waals surface area (Å²) in [6.07, 6.45) is 0. The van der Waals surface area contributed by atoms with Crippen molar-refractivity contribution in [2.45, 2.75) is 0 Å². The molecule has 0 amide bonds. The van der Waals surface area contributed by atoms with E-state index in [2.05, 4.69) is 15.1 Å². The zero-order chi connectivity index (χ0) is 5.11. The fraction of sp³-hybridized carbons (Fsp3) is 0.333. The molecule has 1 aromatic heterocycles. The zero-order valence-corrected chi connectivity index (χ0v) is 6.73. The van der Waals surface area contributed by atoms with Crippen molar-refractivity contribution in [3.63, 3.8) is 0 Å².